The highest BCUT2D eigenvalue weighted by atomic mass is 32.2. The van der Waals surface area contributed by atoms with Gasteiger partial charge in [0.05, 0.1) is 0 Å². The van der Waals surface area contributed by atoms with Crippen LogP contribution in [0.15, 0.2) is 6.07 Å². The molecule has 6 heteroatoms. The van der Waals surface area contributed by atoms with Crippen LogP contribution >= 0.6 is 11.8 Å². The quantitative estimate of drug-likeness (QED) is 0.872. The lowest BCUT2D eigenvalue weighted by Crippen LogP contribution is -2.33. The van der Waals surface area contributed by atoms with Crippen molar-refractivity contribution < 1.29 is 4.74 Å². The number of methoxy groups -OCH3 is 1. The highest BCUT2D eigenvalue weighted by Gasteiger charge is 2.14. The van der Waals surface area contributed by atoms with E-state index in [0.29, 0.717) is 6.61 Å². The van der Waals surface area contributed by atoms with Gasteiger partial charge in [-0.15, -0.1) is 0 Å². The fraction of sp³-hybridized carbons (Fsp3) is 0.636. The minimum absolute atomic E-state index is 0.450. The second-order valence-corrected chi connectivity index (χ2v) is 5.03. The Morgan fingerprint density at radius 3 is 2.82 bits per heavy atom. The molecular weight excluding hydrogens is 236 g/mol. The van der Waals surface area contributed by atoms with E-state index in [9.17, 15) is 0 Å². The molecule has 0 bridgehead atoms. The molecule has 0 radical (unpaired) electrons. The monoisotopic (exact) mass is 254 g/mol. The Kier molecular flexibility index (Phi) is 4.44. The van der Waals surface area contributed by atoms with Crippen LogP contribution in [0, 0.1) is 0 Å². The zero-order chi connectivity index (χ0) is 12.1. The van der Waals surface area contributed by atoms with Crippen LogP contribution in [-0.4, -0.2) is 48.7 Å². The van der Waals surface area contributed by atoms with E-state index in [1.165, 1.54) is 11.5 Å². The van der Waals surface area contributed by atoms with E-state index in [1.807, 2.05) is 24.9 Å². The van der Waals surface area contributed by atoms with Crippen molar-refractivity contribution in [2.75, 3.05) is 49.0 Å². The molecule has 1 fully saturated rings. The molecule has 0 aromatic carbocycles. The van der Waals surface area contributed by atoms with Crippen molar-refractivity contribution in [3.8, 4) is 0 Å². The van der Waals surface area contributed by atoms with E-state index in [0.717, 1.165) is 30.5 Å². The van der Waals surface area contributed by atoms with Gasteiger partial charge in [-0.3, -0.25) is 0 Å². The molecule has 1 N–H and O–H groups in total. The lowest BCUT2D eigenvalue weighted by molar-refractivity contribution is 0.178. The van der Waals surface area contributed by atoms with Gasteiger partial charge >= 0.3 is 0 Å². The van der Waals surface area contributed by atoms with Gasteiger partial charge in [0.1, 0.15) is 18.2 Å². The summed E-state index contributed by atoms with van der Waals surface area (Å²) in [7, 11) is 3.53. The Hall–Kier alpha value is -1.01. The molecule has 0 spiro atoms. The summed E-state index contributed by atoms with van der Waals surface area (Å²) in [6.07, 6.45) is 0. The van der Waals surface area contributed by atoms with E-state index < -0.39 is 0 Å². The fourth-order valence-electron chi connectivity index (χ4n) is 1.76. The number of aromatic nitrogens is 2. The lowest BCUT2D eigenvalue weighted by atomic mass is 10.4. The number of nitrogens with one attached hydrogen (secondary N) is 1. The van der Waals surface area contributed by atoms with Gasteiger partial charge in [-0.1, -0.05) is 0 Å². The molecule has 0 amide bonds. The molecular formula is C11H18N4OS. The van der Waals surface area contributed by atoms with Crippen molar-refractivity contribution in [3.05, 3.63) is 11.9 Å². The summed E-state index contributed by atoms with van der Waals surface area (Å²) in [6, 6.07) is 2.00. The Morgan fingerprint density at radius 1 is 1.41 bits per heavy atom. The van der Waals surface area contributed by atoms with E-state index in [1.54, 1.807) is 7.11 Å². The van der Waals surface area contributed by atoms with Gasteiger partial charge in [-0.2, -0.15) is 11.8 Å². The molecule has 0 aliphatic carbocycles. The molecule has 1 saturated heterocycles. The van der Waals surface area contributed by atoms with Gasteiger partial charge in [-0.05, 0) is 0 Å². The van der Waals surface area contributed by atoms with E-state index >= 15 is 0 Å². The van der Waals surface area contributed by atoms with Crippen molar-refractivity contribution in [1.29, 1.82) is 0 Å². The van der Waals surface area contributed by atoms with Crippen LogP contribution in [0.3, 0.4) is 0 Å². The van der Waals surface area contributed by atoms with Crippen LogP contribution in [0.1, 0.15) is 5.82 Å². The molecule has 2 heterocycles. The third-order valence-corrected chi connectivity index (χ3v) is 3.57. The molecule has 5 nitrogen and oxygen atoms in total. The summed E-state index contributed by atoms with van der Waals surface area (Å²) in [5.41, 5.74) is 0. The van der Waals surface area contributed by atoms with E-state index in [4.69, 9.17) is 4.74 Å². The molecule has 2 rings (SSSR count). The molecule has 17 heavy (non-hydrogen) atoms. The van der Waals surface area contributed by atoms with Gasteiger partial charge in [0.2, 0.25) is 0 Å². The Bertz CT molecular complexity index is 368. The molecule has 0 saturated carbocycles. The maximum atomic E-state index is 5.09. The minimum Gasteiger partial charge on any atom is -0.377 e. The zero-order valence-corrected chi connectivity index (χ0v) is 11.1. The molecule has 0 unspecified atom stereocenters. The van der Waals surface area contributed by atoms with Gasteiger partial charge in [0.25, 0.3) is 0 Å². The summed E-state index contributed by atoms with van der Waals surface area (Å²) < 4.78 is 5.09. The highest BCUT2D eigenvalue weighted by molar-refractivity contribution is 7.99. The second-order valence-electron chi connectivity index (χ2n) is 3.81. The smallest absolute Gasteiger partial charge is 0.158 e. The number of ether oxygens (including phenoxy) is 1. The van der Waals surface area contributed by atoms with Gasteiger partial charge in [0.15, 0.2) is 5.82 Å². The molecule has 1 aromatic rings. The van der Waals surface area contributed by atoms with Gasteiger partial charge < -0.3 is 15.0 Å². The first kappa shape index (κ1) is 12.4. The second kappa shape index (κ2) is 6.07. The summed E-state index contributed by atoms with van der Waals surface area (Å²) in [4.78, 5) is 11.2. The zero-order valence-electron chi connectivity index (χ0n) is 10.3. The molecule has 94 valence electrons. The first-order valence-corrected chi connectivity index (χ1v) is 6.86. The maximum Gasteiger partial charge on any atom is 0.158 e. The van der Waals surface area contributed by atoms with E-state index in [2.05, 4.69) is 20.2 Å². The molecule has 0 atom stereocenters. The maximum absolute atomic E-state index is 5.09. The van der Waals surface area contributed by atoms with Crippen LogP contribution in [0.25, 0.3) is 0 Å². The van der Waals surface area contributed by atoms with Crippen molar-refractivity contribution in [2.45, 2.75) is 6.61 Å². The third kappa shape index (κ3) is 3.23. The fourth-order valence-corrected chi connectivity index (χ4v) is 2.66. The Morgan fingerprint density at radius 2 is 2.18 bits per heavy atom. The molecule has 1 aromatic heterocycles. The van der Waals surface area contributed by atoms with Gasteiger partial charge in [-0.25, -0.2) is 9.97 Å². The minimum atomic E-state index is 0.450. The Labute approximate surface area is 106 Å². The Balaban J connectivity index is 2.21. The number of nitrogens with zero attached hydrogens (tertiary/aromatic N) is 3. The largest absolute Gasteiger partial charge is 0.377 e. The third-order valence-electron chi connectivity index (χ3n) is 2.62. The van der Waals surface area contributed by atoms with Crippen LogP contribution < -0.4 is 10.2 Å². The van der Waals surface area contributed by atoms with E-state index in [-0.39, 0.29) is 0 Å². The number of rotatable bonds is 4. The van der Waals surface area contributed by atoms with Gasteiger partial charge in [0, 0.05) is 44.8 Å². The number of hydrogen-bond acceptors (Lipinski definition) is 6. The average Bonchev–Trinajstić information content (AvgIpc) is 2.40. The van der Waals surface area contributed by atoms with Crippen molar-refractivity contribution in [2.24, 2.45) is 0 Å². The van der Waals surface area contributed by atoms with Crippen LogP contribution in [0.4, 0.5) is 11.6 Å². The normalized spacial score (nSPS) is 16.0. The number of anilines is 2. The molecule has 1 aliphatic heterocycles. The topological polar surface area (TPSA) is 50.3 Å². The van der Waals surface area contributed by atoms with Crippen molar-refractivity contribution in [1.82, 2.24) is 9.97 Å². The molecule has 1 aliphatic rings. The van der Waals surface area contributed by atoms with Crippen LogP contribution in [0.5, 0.6) is 0 Å². The predicted octanol–water partition coefficient (Wildman–Crippen LogP) is 1.22. The van der Waals surface area contributed by atoms with Crippen LogP contribution in [0.2, 0.25) is 0 Å². The summed E-state index contributed by atoms with van der Waals surface area (Å²) in [5.74, 6) is 4.90. The van der Waals surface area contributed by atoms with Crippen LogP contribution in [-0.2, 0) is 11.3 Å². The standard InChI is InChI=1S/C11H18N4OS/c1-12-9-7-11(14-10(13-9)8-16-2)15-3-5-17-6-4-15/h7H,3-6,8H2,1-2H3,(H,12,13,14). The summed E-state index contributed by atoms with van der Waals surface area (Å²) >= 11 is 1.99. The highest BCUT2D eigenvalue weighted by Crippen LogP contribution is 2.20. The summed E-state index contributed by atoms with van der Waals surface area (Å²) in [6.45, 7) is 2.56. The summed E-state index contributed by atoms with van der Waals surface area (Å²) in [5, 5.41) is 3.07. The first-order valence-electron chi connectivity index (χ1n) is 5.71. The number of thioether (sulfide) groups is 1. The average molecular weight is 254 g/mol. The predicted molar refractivity (Wildman–Crippen MR) is 71.8 cm³/mol. The number of hydrogen-bond donors (Lipinski definition) is 1. The van der Waals surface area contributed by atoms with Crippen molar-refractivity contribution in [3.63, 3.8) is 0 Å². The lowest BCUT2D eigenvalue weighted by Gasteiger charge is -2.27. The SMILES string of the molecule is CNc1cc(N2CCSCC2)nc(COC)n1. The first-order chi connectivity index (χ1) is 8.33. The van der Waals surface area contributed by atoms with Crippen molar-refractivity contribution >= 4 is 23.4 Å².